The number of aldehydes is 1. The summed E-state index contributed by atoms with van der Waals surface area (Å²) in [5, 5.41) is 0. The molecule has 0 aliphatic rings. The van der Waals surface area contributed by atoms with Crippen LogP contribution in [0.1, 0.15) is 10.4 Å². The first-order valence-corrected chi connectivity index (χ1v) is 4.25. The fraction of sp³-hybridized carbons (Fsp3) is 0. The van der Waals surface area contributed by atoms with Gasteiger partial charge in [0.05, 0.1) is 10.0 Å². The Morgan fingerprint density at radius 3 is 2.71 bits per heavy atom. The quantitative estimate of drug-likeness (QED) is 0.827. The number of rotatable bonds is 2. The van der Waals surface area contributed by atoms with Crippen LogP contribution in [0.3, 0.4) is 0 Å². The Morgan fingerprint density at radius 2 is 2.21 bits per heavy atom. The van der Waals surface area contributed by atoms with Crippen LogP contribution in [0.2, 0.25) is 0 Å². The molecule has 0 atom stereocenters. The van der Waals surface area contributed by atoms with Gasteiger partial charge in [-0.05, 0) is 28.1 Å². The Labute approximate surface area is 87.0 Å². The number of hydrogen-bond donors (Lipinski definition) is 1. The van der Waals surface area contributed by atoms with E-state index in [1.165, 1.54) is 0 Å². The first-order valence-electron chi connectivity index (χ1n) is 3.46. The number of halogens is 2. The van der Waals surface area contributed by atoms with Gasteiger partial charge >= 0.3 is 6.09 Å². The van der Waals surface area contributed by atoms with E-state index in [1.807, 2.05) is 0 Å². The molecular formula is C8H5BrFNO3. The highest BCUT2D eigenvalue weighted by molar-refractivity contribution is 9.10. The second-order valence-corrected chi connectivity index (χ2v) is 3.20. The van der Waals surface area contributed by atoms with Gasteiger partial charge in [-0.15, -0.1) is 0 Å². The van der Waals surface area contributed by atoms with Gasteiger partial charge in [0.15, 0.2) is 6.29 Å². The Balaban J connectivity index is 3.19. The average Bonchev–Trinajstić information content (AvgIpc) is 2.10. The predicted octanol–water partition coefficient (Wildman–Crippen LogP) is 1.86. The normalized spacial score (nSPS) is 9.57. The zero-order valence-electron chi connectivity index (χ0n) is 6.79. The molecule has 0 aromatic heterocycles. The number of ether oxygens (including phenoxy) is 1. The first kappa shape index (κ1) is 10.6. The lowest BCUT2D eigenvalue weighted by molar-refractivity contribution is 0.112. The van der Waals surface area contributed by atoms with Gasteiger partial charge < -0.3 is 10.5 Å². The Morgan fingerprint density at radius 1 is 1.57 bits per heavy atom. The molecule has 0 heterocycles. The zero-order chi connectivity index (χ0) is 10.7. The van der Waals surface area contributed by atoms with Gasteiger partial charge in [-0.2, -0.15) is 0 Å². The maximum atomic E-state index is 12.9. The van der Waals surface area contributed by atoms with E-state index in [1.54, 1.807) is 0 Å². The molecule has 1 amide bonds. The molecule has 0 saturated heterocycles. The summed E-state index contributed by atoms with van der Waals surface area (Å²) < 4.78 is 17.5. The van der Waals surface area contributed by atoms with Gasteiger partial charge in [0, 0.05) is 0 Å². The van der Waals surface area contributed by atoms with Crippen LogP contribution in [0.4, 0.5) is 9.18 Å². The minimum absolute atomic E-state index is 0.0792. The van der Waals surface area contributed by atoms with E-state index < -0.39 is 11.9 Å². The fourth-order valence-electron chi connectivity index (χ4n) is 0.833. The van der Waals surface area contributed by atoms with Crippen molar-refractivity contribution in [2.45, 2.75) is 0 Å². The monoisotopic (exact) mass is 261 g/mol. The number of amides is 1. The number of nitrogens with two attached hydrogens (primary N) is 1. The molecule has 1 aromatic carbocycles. The molecule has 74 valence electrons. The van der Waals surface area contributed by atoms with E-state index in [4.69, 9.17) is 5.73 Å². The third-order valence-electron chi connectivity index (χ3n) is 1.39. The Kier molecular flexibility index (Phi) is 3.19. The van der Waals surface area contributed by atoms with Gasteiger partial charge in [0.1, 0.15) is 11.6 Å². The van der Waals surface area contributed by atoms with Gasteiger partial charge in [-0.25, -0.2) is 9.18 Å². The van der Waals surface area contributed by atoms with E-state index in [9.17, 15) is 14.0 Å². The molecule has 4 nitrogen and oxygen atoms in total. The summed E-state index contributed by atoms with van der Waals surface area (Å²) in [6, 6.07) is 2.10. The summed E-state index contributed by atoms with van der Waals surface area (Å²) in [6.07, 6.45) is -0.694. The van der Waals surface area contributed by atoms with E-state index in [2.05, 4.69) is 20.7 Å². The van der Waals surface area contributed by atoms with Crippen molar-refractivity contribution in [3.63, 3.8) is 0 Å². The molecule has 0 fully saturated rings. The molecule has 2 N–H and O–H groups in total. The molecule has 0 bridgehead atoms. The van der Waals surface area contributed by atoms with Crippen LogP contribution < -0.4 is 10.5 Å². The molecular weight excluding hydrogens is 257 g/mol. The third kappa shape index (κ3) is 2.29. The highest BCUT2D eigenvalue weighted by Crippen LogP contribution is 2.25. The second kappa shape index (κ2) is 4.19. The van der Waals surface area contributed by atoms with E-state index in [-0.39, 0.29) is 15.8 Å². The lowest BCUT2D eigenvalue weighted by atomic mass is 10.2. The molecule has 0 aliphatic heterocycles. The standard InChI is InChI=1S/C8H5BrFNO3/c9-5-2-7(14-8(11)13)4(3-12)1-6(5)10/h1-3H,(H2,11,13). The predicted molar refractivity (Wildman–Crippen MR) is 49.7 cm³/mol. The van der Waals surface area contributed by atoms with Gasteiger partial charge in [-0.3, -0.25) is 4.79 Å². The molecule has 14 heavy (non-hydrogen) atoms. The number of carbonyl (C=O) groups is 2. The molecule has 0 aliphatic carbocycles. The van der Waals surface area contributed by atoms with E-state index >= 15 is 0 Å². The number of primary amides is 1. The SMILES string of the molecule is NC(=O)Oc1cc(Br)c(F)cc1C=O. The van der Waals surface area contributed by atoms with Gasteiger partial charge in [0.2, 0.25) is 0 Å². The third-order valence-corrected chi connectivity index (χ3v) is 2.00. The molecule has 0 unspecified atom stereocenters. The minimum atomic E-state index is -1.06. The summed E-state index contributed by atoms with van der Waals surface area (Å²) in [7, 11) is 0. The molecule has 1 rings (SSSR count). The maximum Gasteiger partial charge on any atom is 0.409 e. The van der Waals surface area contributed by atoms with Crippen molar-refractivity contribution in [1.29, 1.82) is 0 Å². The molecule has 6 heteroatoms. The van der Waals surface area contributed by atoms with E-state index in [0.717, 1.165) is 12.1 Å². The lowest BCUT2D eigenvalue weighted by Gasteiger charge is -2.04. The lowest BCUT2D eigenvalue weighted by Crippen LogP contribution is -2.17. The van der Waals surface area contributed by atoms with Crippen LogP contribution >= 0.6 is 15.9 Å². The van der Waals surface area contributed by atoms with Crippen molar-refractivity contribution >= 4 is 28.3 Å². The smallest absolute Gasteiger partial charge is 0.409 e. The largest absolute Gasteiger partial charge is 0.410 e. The average molecular weight is 262 g/mol. The summed E-state index contributed by atoms with van der Waals surface area (Å²) in [6.45, 7) is 0. The van der Waals surface area contributed by atoms with Crippen molar-refractivity contribution in [3.8, 4) is 5.75 Å². The molecule has 1 aromatic rings. The first-order chi connectivity index (χ1) is 6.54. The van der Waals surface area contributed by atoms with Crippen LogP contribution in [0.5, 0.6) is 5.75 Å². The number of carbonyl (C=O) groups excluding carboxylic acids is 2. The molecule has 0 radical (unpaired) electrons. The van der Waals surface area contributed by atoms with Crippen molar-refractivity contribution in [3.05, 3.63) is 28.0 Å². The Bertz CT molecular complexity index is 394. The van der Waals surface area contributed by atoms with Crippen molar-refractivity contribution < 1.29 is 18.7 Å². The van der Waals surface area contributed by atoms with Crippen molar-refractivity contribution in [2.24, 2.45) is 5.73 Å². The molecule has 0 spiro atoms. The van der Waals surface area contributed by atoms with Crippen molar-refractivity contribution in [1.82, 2.24) is 0 Å². The summed E-state index contributed by atoms with van der Waals surface area (Å²) in [5.74, 6) is -0.704. The summed E-state index contributed by atoms with van der Waals surface area (Å²) in [4.78, 5) is 20.9. The summed E-state index contributed by atoms with van der Waals surface area (Å²) >= 11 is 2.88. The number of hydrogen-bond acceptors (Lipinski definition) is 3. The minimum Gasteiger partial charge on any atom is -0.410 e. The van der Waals surface area contributed by atoms with Crippen LogP contribution in [0.25, 0.3) is 0 Å². The van der Waals surface area contributed by atoms with Gasteiger partial charge in [-0.1, -0.05) is 0 Å². The summed E-state index contributed by atoms with van der Waals surface area (Å²) in [5.41, 5.74) is 4.67. The van der Waals surface area contributed by atoms with Crippen LogP contribution in [-0.4, -0.2) is 12.4 Å². The van der Waals surface area contributed by atoms with Crippen LogP contribution in [0.15, 0.2) is 16.6 Å². The fourth-order valence-corrected chi connectivity index (χ4v) is 1.16. The highest BCUT2D eigenvalue weighted by Gasteiger charge is 2.10. The molecule has 0 saturated carbocycles. The van der Waals surface area contributed by atoms with Crippen LogP contribution in [0, 0.1) is 5.82 Å². The second-order valence-electron chi connectivity index (χ2n) is 2.34. The van der Waals surface area contributed by atoms with Crippen LogP contribution in [-0.2, 0) is 0 Å². The zero-order valence-corrected chi connectivity index (χ0v) is 8.38. The van der Waals surface area contributed by atoms with Gasteiger partial charge in [0.25, 0.3) is 0 Å². The number of benzene rings is 1. The topological polar surface area (TPSA) is 69.4 Å². The Hall–Kier alpha value is -1.43. The van der Waals surface area contributed by atoms with Crippen molar-refractivity contribution in [2.75, 3.05) is 0 Å². The van der Waals surface area contributed by atoms with E-state index in [0.29, 0.717) is 6.29 Å². The maximum absolute atomic E-state index is 12.9. The highest BCUT2D eigenvalue weighted by atomic mass is 79.9.